The predicted molar refractivity (Wildman–Crippen MR) is 121 cm³/mol. The third-order valence-corrected chi connectivity index (χ3v) is 6.92. The molecule has 3 heteroatoms. The average molecular weight is 410 g/mol. The highest BCUT2D eigenvalue weighted by Gasteiger charge is 2.26. The monoisotopic (exact) mass is 409 g/mol. The van der Waals surface area contributed by atoms with Gasteiger partial charge in [0.15, 0.2) is 11.5 Å². The smallest absolute Gasteiger partial charge is 0.161 e. The van der Waals surface area contributed by atoms with Crippen LogP contribution in [0.4, 0.5) is 0 Å². The number of rotatable bonds is 3. The summed E-state index contributed by atoms with van der Waals surface area (Å²) in [5.41, 5.74) is 10.6. The van der Waals surface area contributed by atoms with Crippen molar-refractivity contribution >= 4 is 6.08 Å². The topological polar surface area (TPSA) is 38.4 Å². The summed E-state index contributed by atoms with van der Waals surface area (Å²) < 4.78 is 12.1. The Morgan fingerprint density at radius 2 is 1.58 bits per heavy atom. The normalized spacial score (nSPS) is 18.5. The Balaban J connectivity index is 1.28. The molecule has 0 amide bonds. The molecule has 0 fully saturated rings. The van der Waals surface area contributed by atoms with E-state index >= 15 is 0 Å². The van der Waals surface area contributed by atoms with Crippen molar-refractivity contribution < 1.29 is 14.6 Å². The molecule has 1 unspecified atom stereocenters. The van der Waals surface area contributed by atoms with Crippen molar-refractivity contribution in [3.05, 3.63) is 88.0 Å². The Labute approximate surface area is 183 Å². The zero-order valence-corrected chi connectivity index (χ0v) is 17.5. The van der Waals surface area contributed by atoms with Gasteiger partial charge in [-0.05, 0) is 76.8 Å². The maximum absolute atomic E-state index is 11.6. The molecule has 1 atom stereocenters. The van der Waals surface area contributed by atoms with Crippen LogP contribution in [-0.2, 0) is 31.0 Å². The highest BCUT2D eigenvalue weighted by Crippen LogP contribution is 2.41. The molecule has 0 saturated carbocycles. The molecule has 0 saturated heterocycles. The van der Waals surface area contributed by atoms with Gasteiger partial charge in [0.05, 0.1) is 0 Å². The SMILES string of the molecule is [O]Cc1cccc2c1CCc1c-2ccc2c1CCC(CC1COc3ccccc3O1)=C2. The van der Waals surface area contributed by atoms with Crippen LogP contribution in [0, 0.1) is 0 Å². The van der Waals surface area contributed by atoms with Crippen molar-refractivity contribution in [2.24, 2.45) is 0 Å². The molecule has 2 aliphatic carbocycles. The quantitative estimate of drug-likeness (QED) is 0.537. The second kappa shape index (κ2) is 7.58. The first kappa shape index (κ1) is 18.7. The van der Waals surface area contributed by atoms with Crippen LogP contribution in [0.5, 0.6) is 11.5 Å². The zero-order chi connectivity index (χ0) is 20.8. The van der Waals surface area contributed by atoms with E-state index < -0.39 is 0 Å². The van der Waals surface area contributed by atoms with Gasteiger partial charge in [0.2, 0.25) is 0 Å². The first-order chi connectivity index (χ1) is 15.3. The van der Waals surface area contributed by atoms with Gasteiger partial charge in [-0.2, -0.15) is 0 Å². The van der Waals surface area contributed by atoms with Crippen LogP contribution >= 0.6 is 0 Å². The van der Waals surface area contributed by atoms with E-state index in [9.17, 15) is 5.11 Å². The molecule has 6 rings (SSSR count). The lowest BCUT2D eigenvalue weighted by Gasteiger charge is -2.30. The van der Waals surface area contributed by atoms with Gasteiger partial charge in [-0.15, -0.1) is 0 Å². The molecule has 1 radical (unpaired) electrons. The highest BCUT2D eigenvalue weighted by molar-refractivity contribution is 5.78. The third-order valence-electron chi connectivity index (χ3n) is 6.92. The van der Waals surface area contributed by atoms with E-state index in [0.717, 1.165) is 49.2 Å². The van der Waals surface area contributed by atoms with E-state index in [1.807, 2.05) is 36.4 Å². The molecule has 3 aromatic rings. The Kier molecular flexibility index (Phi) is 4.57. The maximum atomic E-state index is 11.6. The standard InChI is InChI=1S/C28H25O3/c29-16-20-4-3-5-24-23(20)12-13-25-22-10-8-18(14-19(22)9-11-26(24)25)15-21-17-30-27-6-1-2-7-28(27)31-21/h1-7,9,11,14,21H,8,10,12-13,15-17H2. The Bertz CT molecular complexity index is 1190. The van der Waals surface area contributed by atoms with Gasteiger partial charge in [0, 0.05) is 6.42 Å². The van der Waals surface area contributed by atoms with Crippen molar-refractivity contribution in [2.45, 2.75) is 44.8 Å². The summed E-state index contributed by atoms with van der Waals surface area (Å²) in [5, 5.41) is 11.6. The molecule has 1 heterocycles. The fraction of sp³-hybridized carbons (Fsp3) is 0.286. The summed E-state index contributed by atoms with van der Waals surface area (Å²) in [6, 6.07) is 18.6. The molecule has 0 aromatic heterocycles. The van der Waals surface area contributed by atoms with Crippen LogP contribution in [0.3, 0.4) is 0 Å². The largest absolute Gasteiger partial charge is 0.486 e. The molecule has 0 N–H and O–H groups in total. The van der Waals surface area contributed by atoms with Gasteiger partial charge in [0.25, 0.3) is 0 Å². The Morgan fingerprint density at radius 3 is 2.48 bits per heavy atom. The minimum Gasteiger partial charge on any atom is -0.486 e. The van der Waals surface area contributed by atoms with Crippen molar-refractivity contribution in [3.8, 4) is 22.6 Å². The summed E-state index contributed by atoms with van der Waals surface area (Å²) in [4.78, 5) is 0. The van der Waals surface area contributed by atoms with Crippen molar-refractivity contribution in [1.29, 1.82) is 0 Å². The molecule has 3 aromatic carbocycles. The summed E-state index contributed by atoms with van der Waals surface area (Å²) in [7, 11) is 0. The third kappa shape index (κ3) is 3.24. The highest BCUT2D eigenvalue weighted by atomic mass is 16.6. The summed E-state index contributed by atoms with van der Waals surface area (Å²) in [6.07, 6.45) is 7.48. The fourth-order valence-corrected chi connectivity index (χ4v) is 5.44. The van der Waals surface area contributed by atoms with E-state index in [4.69, 9.17) is 9.47 Å². The summed E-state index contributed by atoms with van der Waals surface area (Å²) >= 11 is 0. The van der Waals surface area contributed by atoms with E-state index in [-0.39, 0.29) is 12.7 Å². The van der Waals surface area contributed by atoms with Crippen LogP contribution in [0.25, 0.3) is 17.2 Å². The summed E-state index contributed by atoms with van der Waals surface area (Å²) in [6.45, 7) is 0.469. The minimum absolute atomic E-state index is 0.0673. The summed E-state index contributed by atoms with van der Waals surface area (Å²) in [5.74, 6) is 1.69. The van der Waals surface area contributed by atoms with Crippen LogP contribution in [0.1, 0.15) is 40.7 Å². The van der Waals surface area contributed by atoms with Crippen LogP contribution in [-0.4, -0.2) is 12.7 Å². The van der Waals surface area contributed by atoms with E-state index in [1.54, 1.807) is 0 Å². The van der Waals surface area contributed by atoms with Crippen molar-refractivity contribution in [2.75, 3.05) is 6.61 Å². The van der Waals surface area contributed by atoms with E-state index in [1.165, 1.54) is 39.0 Å². The van der Waals surface area contributed by atoms with Gasteiger partial charge in [-0.1, -0.05) is 54.1 Å². The van der Waals surface area contributed by atoms with Gasteiger partial charge in [-0.3, -0.25) is 0 Å². The molecule has 3 nitrogen and oxygen atoms in total. The van der Waals surface area contributed by atoms with Gasteiger partial charge >= 0.3 is 0 Å². The van der Waals surface area contributed by atoms with Crippen LogP contribution < -0.4 is 9.47 Å². The number of hydrogen-bond donors (Lipinski definition) is 0. The first-order valence-corrected chi connectivity index (χ1v) is 11.2. The van der Waals surface area contributed by atoms with Crippen LogP contribution in [0.15, 0.2) is 60.2 Å². The molecule has 31 heavy (non-hydrogen) atoms. The molecule has 1 aliphatic heterocycles. The number of ether oxygens (including phenoxy) is 2. The number of fused-ring (bicyclic) bond motifs is 6. The second-order valence-corrected chi connectivity index (χ2v) is 8.75. The number of para-hydroxylation sites is 2. The van der Waals surface area contributed by atoms with Gasteiger partial charge in [0.1, 0.15) is 19.3 Å². The number of hydrogen-bond acceptors (Lipinski definition) is 2. The van der Waals surface area contributed by atoms with E-state index in [2.05, 4.69) is 24.3 Å². The lowest BCUT2D eigenvalue weighted by Crippen LogP contribution is -2.29. The van der Waals surface area contributed by atoms with Crippen molar-refractivity contribution in [3.63, 3.8) is 0 Å². The fourth-order valence-electron chi connectivity index (χ4n) is 5.44. The van der Waals surface area contributed by atoms with Crippen molar-refractivity contribution in [1.82, 2.24) is 0 Å². The lowest BCUT2D eigenvalue weighted by atomic mass is 9.77. The predicted octanol–water partition coefficient (Wildman–Crippen LogP) is 5.94. The minimum atomic E-state index is -0.132. The molecule has 0 spiro atoms. The average Bonchev–Trinajstić information content (AvgIpc) is 2.83. The van der Waals surface area contributed by atoms with Gasteiger partial charge < -0.3 is 9.47 Å². The first-order valence-electron chi connectivity index (χ1n) is 11.2. The van der Waals surface area contributed by atoms with Crippen LogP contribution in [0.2, 0.25) is 0 Å². The molecule has 155 valence electrons. The number of benzene rings is 3. The lowest BCUT2D eigenvalue weighted by molar-refractivity contribution is 0.0908. The second-order valence-electron chi connectivity index (χ2n) is 8.75. The van der Waals surface area contributed by atoms with Gasteiger partial charge in [-0.25, -0.2) is 5.11 Å². The Hall–Kier alpha value is -3.04. The zero-order valence-electron chi connectivity index (χ0n) is 17.5. The molecule has 3 aliphatic rings. The Morgan fingerprint density at radius 1 is 0.774 bits per heavy atom. The molecule has 0 bridgehead atoms. The van der Waals surface area contributed by atoms with E-state index in [0.29, 0.717) is 6.61 Å². The molecular formula is C28H25O3. The molecular weight excluding hydrogens is 384 g/mol. The maximum Gasteiger partial charge on any atom is 0.161 e.